The van der Waals surface area contributed by atoms with Crippen LogP contribution >= 0.6 is 8.46 Å². The number of rotatable bonds is 6. The Morgan fingerprint density at radius 3 is 2.11 bits per heavy atom. The van der Waals surface area contributed by atoms with Gasteiger partial charge in [-0.15, -0.1) is 0 Å². The topological polar surface area (TPSA) is 44.8 Å². The van der Waals surface area contributed by atoms with Gasteiger partial charge in [0.05, 0.1) is 6.10 Å². The molecule has 8 atom stereocenters. The Balaban J connectivity index is 0.000000483. The summed E-state index contributed by atoms with van der Waals surface area (Å²) in [5.74, 6) is 1.38. The molecule has 0 amide bonds. The van der Waals surface area contributed by atoms with Gasteiger partial charge in [-0.25, -0.2) is 0 Å². The van der Waals surface area contributed by atoms with Crippen molar-refractivity contribution in [3.05, 3.63) is 0 Å². The molecule has 2 unspecified atom stereocenters. The summed E-state index contributed by atoms with van der Waals surface area (Å²) in [5.41, 5.74) is 0. The quantitative estimate of drug-likeness (QED) is 0.333. The van der Waals surface area contributed by atoms with Crippen LogP contribution in [0, 0.1) is 23.7 Å². The fraction of sp³-hybridized carbons (Fsp3) is 0.944. The fourth-order valence-electron chi connectivity index (χ4n) is 3.45. The summed E-state index contributed by atoms with van der Waals surface area (Å²) in [6.07, 6.45) is 1.29. The second-order valence-corrected chi connectivity index (χ2v) is 9.46. The molecule has 2 heterocycles. The third-order valence-electron chi connectivity index (χ3n) is 5.11. The van der Waals surface area contributed by atoms with Crippen LogP contribution in [-0.4, -0.2) is 62.7 Å². The summed E-state index contributed by atoms with van der Waals surface area (Å²) in [4.78, 5) is 0. The van der Waals surface area contributed by atoms with Crippen LogP contribution in [0.3, 0.4) is 0 Å². The molecular formula is C18H31B2O4PWY. The Kier molecular flexibility index (Phi) is 14.9. The summed E-state index contributed by atoms with van der Waals surface area (Å²) in [7, 11) is 11.8. The first-order valence-electron chi connectivity index (χ1n) is 9.35. The molecule has 0 saturated carbocycles. The Bertz CT molecular complexity index is 459. The van der Waals surface area contributed by atoms with E-state index in [4.69, 9.17) is 29.9 Å². The maximum Gasteiger partial charge on any atom is 0 e. The van der Waals surface area contributed by atoms with Gasteiger partial charge in [0.2, 0.25) is 0 Å². The zero-order chi connectivity index (χ0) is 20.0. The van der Waals surface area contributed by atoms with E-state index in [0.717, 1.165) is 0 Å². The molecule has 2 saturated heterocycles. The van der Waals surface area contributed by atoms with Gasteiger partial charge in [-0.2, -0.15) is 0 Å². The molecule has 2 fully saturated rings. The number of ether oxygens (including phenoxy) is 3. The molecule has 0 bridgehead atoms. The van der Waals surface area contributed by atoms with Gasteiger partial charge in [0.1, 0.15) is 7.85 Å². The van der Waals surface area contributed by atoms with Crippen molar-refractivity contribution in [2.45, 2.75) is 78.0 Å². The van der Waals surface area contributed by atoms with Crippen LogP contribution in [0.2, 0.25) is 0 Å². The number of hydrogen-bond donors (Lipinski definition) is 0. The van der Waals surface area contributed by atoms with E-state index in [-0.39, 0.29) is 83.5 Å². The molecule has 0 spiro atoms. The summed E-state index contributed by atoms with van der Waals surface area (Å²) in [6.45, 7) is 12.5. The maximum absolute atomic E-state index is 10.6. The predicted molar refractivity (Wildman–Crippen MR) is 104 cm³/mol. The minimum atomic E-state index is -0.181. The van der Waals surface area contributed by atoms with Crippen LogP contribution in [0.25, 0.3) is 0 Å². The fourth-order valence-corrected chi connectivity index (χ4v) is 4.95. The van der Waals surface area contributed by atoms with Crippen LogP contribution in [-0.2, 0) is 70.8 Å². The van der Waals surface area contributed by atoms with Crippen molar-refractivity contribution in [1.82, 2.24) is 0 Å². The molecule has 0 aromatic heterocycles. The largest absolute Gasteiger partial charge is 0 e. The van der Waals surface area contributed by atoms with Gasteiger partial charge < -0.3 is 4.74 Å². The maximum atomic E-state index is 10.6. The molecule has 2 rings (SSSR count). The zero-order valence-corrected chi connectivity index (χ0v) is 23.9. The van der Waals surface area contributed by atoms with Gasteiger partial charge in [-0.1, -0.05) is 20.8 Å². The predicted octanol–water partition coefficient (Wildman–Crippen LogP) is 2.74. The molecule has 4 nitrogen and oxygen atoms in total. The van der Waals surface area contributed by atoms with Crippen molar-refractivity contribution < 1.29 is 70.8 Å². The van der Waals surface area contributed by atoms with Crippen molar-refractivity contribution in [3.8, 4) is 0 Å². The van der Waals surface area contributed by atoms with E-state index >= 15 is 0 Å². The second kappa shape index (κ2) is 14.0. The van der Waals surface area contributed by atoms with Gasteiger partial charge in [0.15, 0.2) is 8.46 Å². The molecule has 9 heteroatoms. The second-order valence-electron chi connectivity index (χ2n) is 7.85. The van der Waals surface area contributed by atoms with E-state index < -0.39 is 0 Å². The summed E-state index contributed by atoms with van der Waals surface area (Å²) in [6, 6.07) is -0.358. The average Bonchev–Trinajstić information content (AvgIpc) is 3.00. The average molecular weight is 637 g/mol. The molecule has 0 aromatic rings. The van der Waals surface area contributed by atoms with Crippen LogP contribution in [0.1, 0.15) is 41.5 Å². The Morgan fingerprint density at radius 1 is 1.11 bits per heavy atom. The van der Waals surface area contributed by atoms with Crippen LogP contribution in [0.15, 0.2) is 0 Å². The molecular weight excluding hydrogens is 606 g/mol. The molecule has 0 N–H and O–H groups in total. The van der Waals surface area contributed by atoms with E-state index in [1.165, 1.54) is 19.4 Å². The first kappa shape index (κ1) is 28.8. The van der Waals surface area contributed by atoms with Crippen molar-refractivity contribution in [3.63, 3.8) is 0 Å². The number of hydrogen-bond acceptors (Lipinski definition) is 4. The Labute approximate surface area is 205 Å². The van der Waals surface area contributed by atoms with E-state index in [1.807, 2.05) is 13.8 Å². The van der Waals surface area contributed by atoms with Gasteiger partial charge in [-0.05, 0) is 11.8 Å². The van der Waals surface area contributed by atoms with Gasteiger partial charge in [-0.3, -0.25) is 4.57 Å². The van der Waals surface area contributed by atoms with Crippen LogP contribution in [0.4, 0.5) is 0 Å². The first-order chi connectivity index (χ1) is 12.1. The van der Waals surface area contributed by atoms with Crippen molar-refractivity contribution in [2.24, 2.45) is 23.7 Å². The van der Waals surface area contributed by atoms with Crippen molar-refractivity contribution >= 4 is 28.6 Å². The molecule has 2 aliphatic rings. The van der Waals surface area contributed by atoms with Gasteiger partial charge in [0, 0.05) is 50.8 Å². The van der Waals surface area contributed by atoms with E-state index in [2.05, 4.69) is 32.1 Å². The third kappa shape index (κ3) is 8.43. The molecule has 0 aromatic carbocycles. The van der Waals surface area contributed by atoms with Crippen LogP contribution < -0.4 is 0 Å². The van der Waals surface area contributed by atoms with E-state index in [1.54, 1.807) is 0 Å². The minimum absolute atomic E-state index is 0. The minimum Gasteiger partial charge on any atom is 0 e. The molecule has 2 aliphatic heterocycles. The normalized spacial score (nSPS) is 38.5. The third-order valence-corrected chi connectivity index (χ3v) is 6.64. The molecule has 27 heavy (non-hydrogen) atoms. The smallest absolute Gasteiger partial charge is 0 e. The summed E-state index contributed by atoms with van der Waals surface area (Å²) >= 11 is 1.40. The summed E-state index contributed by atoms with van der Waals surface area (Å²) < 4.78 is 29.6. The SMILES string of the molecule is [B][C@@H]1O[C@H](C(C)C)C(CP=O)[C@@H]1C.[B][C@@H]1O[C@H]([CH]=[W])C(OC(C)C)[C@@H]1C.[Y]. The van der Waals surface area contributed by atoms with Gasteiger partial charge in [0.25, 0.3) is 0 Å². The standard InChI is InChI=1S/C9H16BO2P.C9H15BO2.W.Y/c1-5(2)8-7(4-13-11)6(3)9(10)12-8;1-5(2)11-8-6(3)9(10)12-7(8)4;;/h5-9H,4H2,1-3H3;4-9H,1-3H3;;/t6-,7?,8+,9+;6-,7+,8?,9+;;/m00../s1. The molecule has 5 radical (unpaired) electrons. The van der Waals surface area contributed by atoms with Crippen molar-refractivity contribution in [2.75, 3.05) is 6.16 Å². The van der Waals surface area contributed by atoms with Crippen LogP contribution in [0.5, 0.6) is 0 Å². The Hall–Kier alpha value is 1.77. The van der Waals surface area contributed by atoms with Gasteiger partial charge >= 0.3 is 92.1 Å². The molecule has 147 valence electrons. The van der Waals surface area contributed by atoms with Crippen molar-refractivity contribution in [1.29, 1.82) is 0 Å². The Morgan fingerprint density at radius 2 is 1.67 bits per heavy atom. The molecule has 0 aliphatic carbocycles. The first-order valence-corrected chi connectivity index (χ1v) is 12.0. The zero-order valence-electron chi connectivity index (χ0n) is 17.3. The van der Waals surface area contributed by atoms with E-state index in [0.29, 0.717) is 23.9 Å². The summed E-state index contributed by atoms with van der Waals surface area (Å²) in [5, 5.41) is 0. The monoisotopic (exact) mass is 637 g/mol. The van der Waals surface area contributed by atoms with E-state index in [9.17, 15) is 4.57 Å².